The highest BCUT2D eigenvalue weighted by atomic mass is 32.2. The second kappa shape index (κ2) is 10.2. The van der Waals surface area contributed by atoms with E-state index in [9.17, 15) is 9.59 Å². The molecule has 0 atom stereocenters. The van der Waals surface area contributed by atoms with Crippen molar-refractivity contribution in [1.82, 2.24) is 15.3 Å². The number of thioether (sulfide) groups is 1. The Morgan fingerprint density at radius 3 is 2.72 bits per heavy atom. The smallest absolute Gasteiger partial charge is 0.259 e. The number of nitrogens with one attached hydrogen (secondary N) is 2. The molecule has 5 nitrogen and oxygen atoms in total. The maximum Gasteiger partial charge on any atom is 0.259 e. The number of rotatable bonds is 8. The predicted octanol–water partition coefficient (Wildman–Crippen LogP) is 4.77. The number of nitrogens with zero attached hydrogens (tertiary/aromatic N) is 1. The van der Waals surface area contributed by atoms with E-state index >= 15 is 0 Å². The van der Waals surface area contributed by atoms with Crippen LogP contribution in [0.15, 0.2) is 16.9 Å². The van der Waals surface area contributed by atoms with Crippen LogP contribution in [0, 0.1) is 20.8 Å². The molecule has 0 unspecified atom stereocenters. The molecular formula is C25H31N3O2S2. The van der Waals surface area contributed by atoms with Gasteiger partial charge in [-0.2, -0.15) is 11.8 Å². The number of H-pyrrole nitrogens is 1. The van der Waals surface area contributed by atoms with Crippen molar-refractivity contribution in [2.75, 3.05) is 12.3 Å². The Labute approximate surface area is 197 Å². The van der Waals surface area contributed by atoms with Crippen LogP contribution < -0.4 is 10.9 Å². The molecule has 170 valence electrons. The number of aryl methyl sites for hydroxylation is 5. The van der Waals surface area contributed by atoms with Crippen molar-refractivity contribution < 1.29 is 4.79 Å². The summed E-state index contributed by atoms with van der Waals surface area (Å²) in [6.45, 7) is 7.03. The van der Waals surface area contributed by atoms with Gasteiger partial charge in [-0.15, -0.1) is 11.3 Å². The number of benzene rings is 1. The molecule has 2 heterocycles. The lowest BCUT2D eigenvalue weighted by molar-refractivity contribution is -0.120. The summed E-state index contributed by atoms with van der Waals surface area (Å²) < 4.78 is 0. The molecular weight excluding hydrogens is 438 g/mol. The van der Waals surface area contributed by atoms with E-state index in [0.717, 1.165) is 35.9 Å². The number of hydrogen-bond donors (Lipinski definition) is 2. The van der Waals surface area contributed by atoms with Crippen LogP contribution in [0.2, 0.25) is 0 Å². The first kappa shape index (κ1) is 23.1. The number of aromatic amines is 1. The highest BCUT2D eigenvalue weighted by molar-refractivity contribution is 7.98. The minimum absolute atomic E-state index is 0.00978. The van der Waals surface area contributed by atoms with E-state index in [1.54, 1.807) is 23.1 Å². The standard InChI is InChI=1S/C25H31N3O2S2/c1-15-12-16(2)18(17(3)13-15)8-10-26-22(29)9-11-31-14-21-27-24(30)23-19-6-4-5-7-20(19)32-25(23)28-21/h12-13H,4-11,14H2,1-3H3,(H,26,29)(H,27,28,30). The molecule has 4 rings (SSSR count). The molecule has 0 saturated heterocycles. The van der Waals surface area contributed by atoms with Gasteiger partial charge in [-0.05, 0) is 75.1 Å². The number of amides is 1. The number of hydrogen-bond acceptors (Lipinski definition) is 5. The van der Waals surface area contributed by atoms with Gasteiger partial charge in [0, 0.05) is 23.6 Å². The van der Waals surface area contributed by atoms with E-state index in [0.29, 0.717) is 30.3 Å². The number of carbonyl (C=O) groups excluding carboxylic acids is 1. The zero-order valence-corrected chi connectivity index (χ0v) is 20.7. The fourth-order valence-electron chi connectivity index (χ4n) is 4.63. The normalized spacial score (nSPS) is 13.3. The Bertz CT molecular complexity index is 1170. The van der Waals surface area contributed by atoms with Crippen molar-refractivity contribution >= 4 is 39.2 Å². The van der Waals surface area contributed by atoms with Crippen LogP contribution in [0.1, 0.15) is 57.8 Å². The second-order valence-electron chi connectivity index (χ2n) is 8.68. The lowest BCUT2D eigenvalue weighted by Crippen LogP contribution is -2.26. The monoisotopic (exact) mass is 469 g/mol. The van der Waals surface area contributed by atoms with Crippen molar-refractivity contribution in [1.29, 1.82) is 0 Å². The quantitative estimate of drug-likeness (QED) is 0.466. The molecule has 0 saturated carbocycles. The fraction of sp³-hybridized carbons (Fsp3) is 0.480. The number of carbonyl (C=O) groups is 1. The molecule has 1 aromatic carbocycles. The van der Waals surface area contributed by atoms with Crippen LogP contribution in [0.4, 0.5) is 0 Å². The highest BCUT2D eigenvalue weighted by Crippen LogP contribution is 2.33. The van der Waals surface area contributed by atoms with E-state index < -0.39 is 0 Å². The number of thiophene rings is 1. The Kier molecular flexibility index (Phi) is 7.36. The summed E-state index contributed by atoms with van der Waals surface area (Å²) in [7, 11) is 0. The van der Waals surface area contributed by atoms with Crippen molar-refractivity contribution in [3.63, 3.8) is 0 Å². The van der Waals surface area contributed by atoms with Gasteiger partial charge in [0.2, 0.25) is 5.91 Å². The van der Waals surface area contributed by atoms with Crippen LogP contribution in [0.3, 0.4) is 0 Å². The Morgan fingerprint density at radius 2 is 1.94 bits per heavy atom. The first-order valence-electron chi connectivity index (χ1n) is 11.4. The summed E-state index contributed by atoms with van der Waals surface area (Å²) in [6.07, 6.45) is 5.74. The molecule has 1 aliphatic carbocycles. The molecule has 1 aliphatic rings. The van der Waals surface area contributed by atoms with Crippen molar-refractivity contribution in [3.8, 4) is 0 Å². The third kappa shape index (κ3) is 5.26. The zero-order valence-electron chi connectivity index (χ0n) is 19.1. The number of fused-ring (bicyclic) bond motifs is 3. The minimum Gasteiger partial charge on any atom is -0.356 e. The summed E-state index contributed by atoms with van der Waals surface area (Å²) >= 11 is 3.31. The van der Waals surface area contributed by atoms with Gasteiger partial charge in [0.15, 0.2) is 0 Å². The van der Waals surface area contributed by atoms with Crippen molar-refractivity contribution in [3.05, 3.63) is 61.0 Å². The summed E-state index contributed by atoms with van der Waals surface area (Å²) in [4.78, 5) is 34.7. The molecule has 1 amide bonds. The Morgan fingerprint density at radius 1 is 1.19 bits per heavy atom. The van der Waals surface area contributed by atoms with Gasteiger partial charge in [-0.3, -0.25) is 9.59 Å². The molecule has 0 radical (unpaired) electrons. The number of aromatic nitrogens is 2. The first-order chi connectivity index (χ1) is 15.4. The fourth-order valence-corrected chi connectivity index (χ4v) is 6.72. The van der Waals surface area contributed by atoms with Gasteiger partial charge in [-0.1, -0.05) is 17.7 Å². The third-order valence-corrected chi connectivity index (χ3v) is 8.28. The molecule has 0 fully saturated rings. The highest BCUT2D eigenvalue weighted by Gasteiger charge is 2.19. The third-order valence-electron chi connectivity index (χ3n) is 6.12. The SMILES string of the molecule is Cc1cc(C)c(CCNC(=O)CCSCc2nc3sc4c(c3c(=O)[nH]2)CCCC4)c(C)c1. The van der Waals surface area contributed by atoms with Crippen molar-refractivity contribution in [2.45, 2.75) is 65.0 Å². The van der Waals surface area contributed by atoms with Crippen LogP contribution in [-0.4, -0.2) is 28.2 Å². The maximum atomic E-state index is 12.6. The molecule has 7 heteroatoms. The van der Waals surface area contributed by atoms with Gasteiger partial charge in [0.1, 0.15) is 10.7 Å². The van der Waals surface area contributed by atoms with Crippen LogP contribution in [0.5, 0.6) is 0 Å². The molecule has 0 spiro atoms. The summed E-state index contributed by atoms with van der Waals surface area (Å²) in [5, 5.41) is 3.84. The first-order valence-corrected chi connectivity index (χ1v) is 13.3. The topological polar surface area (TPSA) is 74.8 Å². The zero-order chi connectivity index (χ0) is 22.7. The summed E-state index contributed by atoms with van der Waals surface area (Å²) in [5.41, 5.74) is 6.39. The van der Waals surface area contributed by atoms with Crippen LogP contribution in [0.25, 0.3) is 10.2 Å². The van der Waals surface area contributed by atoms with Gasteiger partial charge in [0.05, 0.1) is 11.1 Å². The maximum absolute atomic E-state index is 12.6. The summed E-state index contributed by atoms with van der Waals surface area (Å²) in [6, 6.07) is 4.39. The van der Waals surface area contributed by atoms with Crippen molar-refractivity contribution in [2.24, 2.45) is 0 Å². The molecule has 2 aromatic heterocycles. The van der Waals surface area contributed by atoms with Gasteiger partial charge in [-0.25, -0.2) is 4.98 Å². The van der Waals surface area contributed by atoms with E-state index in [4.69, 9.17) is 4.98 Å². The average molecular weight is 470 g/mol. The van der Waals surface area contributed by atoms with E-state index in [1.807, 2.05) is 0 Å². The molecule has 0 aliphatic heterocycles. The average Bonchev–Trinajstić information content (AvgIpc) is 3.12. The predicted molar refractivity (Wildman–Crippen MR) is 135 cm³/mol. The van der Waals surface area contributed by atoms with Crippen LogP contribution in [-0.2, 0) is 29.8 Å². The van der Waals surface area contributed by atoms with Gasteiger partial charge in [0.25, 0.3) is 5.56 Å². The second-order valence-corrected chi connectivity index (χ2v) is 10.9. The Hall–Kier alpha value is -2.12. The van der Waals surface area contributed by atoms with E-state index in [2.05, 4.69) is 43.2 Å². The lowest BCUT2D eigenvalue weighted by atomic mass is 9.97. The molecule has 32 heavy (non-hydrogen) atoms. The van der Waals surface area contributed by atoms with E-state index in [1.165, 1.54) is 39.1 Å². The lowest BCUT2D eigenvalue weighted by Gasteiger charge is -2.12. The summed E-state index contributed by atoms with van der Waals surface area (Å²) in [5.74, 6) is 2.10. The minimum atomic E-state index is -0.00978. The largest absolute Gasteiger partial charge is 0.356 e. The van der Waals surface area contributed by atoms with Gasteiger partial charge >= 0.3 is 0 Å². The molecule has 3 aromatic rings. The van der Waals surface area contributed by atoms with Gasteiger partial charge < -0.3 is 10.3 Å². The molecule has 2 N–H and O–H groups in total. The Balaban J connectivity index is 1.23. The van der Waals surface area contributed by atoms with E-state index in [-0.39, 0.29) is 11.5 Å². The van der Waals surface area contributed by atoms with Crippen LogP contribution >= 0.6 is 23.1 Å². The molecule has 0 bridgehead atoms.